The highest BCUT2D eigenvalue weighted by atomic mass is 16.5. The van der Waals surface area contributed by atoms with Crippen molar-refractivity contribution in [3.63, 3.8) is 0 Å². The summed E-state index contributed by atoms with van der Waals surface area (Å²) in [6.07, 6.45) is 3.76. The van der Waals surface area contributed by atoms with Crippen molar-refractivity contribution in [1.29, 1.82) is 0 Å². The van der Waals surface area contributed by atoms with E-state index in [2.05, 4.69) is 30.4 Å². The number of carbonyl (C=O) groups is 1. The summed E-state index contributed by atoms with van der Waals surface area (Å²) < 4.78 is 6.36. The SMILES string of the molecule is C=c1[nH]n(-c2ccccc2)c(=O)/c1=C/C=C1\N(C)c2ccc(C(=O)OC)cc2C1(C)C. The van der Waals surface area contributed by atoms with Gasteiger partial charge in [0.25, 0.3) is 5.56 Å². The molecule has 2 aromatic carbocycles. The van der Waals surface area contributed by atoms with Crippen LogP contribution in [0.1, 0.15) is 29.8 Å². The molecule has 0 radical (unpaired) electrons. The van der Waals surface area contributed by atoms with Gasteiger partial charge in [-0.3, -0.25) is 9.89 Å². The highest BCUT2D eigenvalue weighted by Gasteiger charge is 2.38. The van der Waals surface area contributed by atoms with Crippen LogP contribution in [0.2, 0.25) is 0 Å². The second-order valence-electron chi connectivity index (χ2n) is 8.11. The number of benzene rings is 2. The first-order valence-corrected chi connectivity index (χ1v) is 10.00. The summed E-state index contributed by atoms with van der Waals surface area (Å²) >= 11 is 0. The average Bonchev–Trinajstić information content (AvgIpc) is 3.16. The van der Waals surface area contributed by atoms with Crippen molar-refractivity contribution < 1.29 is 9.53 Å². The maximum absolute atomic E-state index is 13.0. The smallest absolute Gasteiger partial charge is 0.337 e. The second kappa shape index (κ2) is 7.47. The van der Waals surface area contributed by atoms with E-state index in [1.807, 2.05) is 55.6 Å². The predicted molar refractivity (Wildman–Crippen MR) is 123 cm³/mol. The molecule has 0 spiro atoms. The number of para-hydroxylation sites is 1. The molecule has 158 valence electrons. The van der Waals surface area contributed by atoms with Gasteiger partial charge in [0, 0.05) is 23.8 Å². The molecule has 1 aliphatic heterocycles. The summed E-state index contributed by atoms with van der Waals surface area (Å²) in [7, 11) is 3.36. The summed E-state index contributed by atoms with van der Waals surface area (Å²) in [5.74, 6) is -0.360. The molecule has 0 atom stereocenters. The molecule has 0 bridgehead atoms. The van der Waals surface area contributed by atoms with Crippen LogP contribution in [0.25, 0.3) is 18.3 Å². The fourth-order valence-electron chi connectivity index (χ4n) is 4.17. The van der Waals surface area contributed by atoms with Crippen LogP contribution in [0.4, 0.5) is 5.69 Å². The van der Waals surface area contributed by atoms with Crippen molar-refractivity contribution in [2.24, 2.45) is 0 Å². The number of allylic oxidation sites excluding steroid dienone is 2. The van der Waals surface area contributed by atoms with E-state index in [9.17, 15) is 9.59 Å². The molecule has 0 fully saturated rings. The zero-order valence-corrected chi connectivity index (χ0v) is 18.1. The number of fused-ring (bicyclic) bond motifs is 1. The molecule has 0 saturated heterocycles. The summed E-state index contributed by atoms with van der Waals surface area (Å²) in [6.45, 7) is 8.20. The van der Waals surface area contributed by atoms with Crippen molar-refractivity contribution >= 4 is 24.3 Å². The lowest BCUT2D eigenvalue weighted by molar-refractivity contribution is 0.0600. The first-order chi connectivity index (χ1) is 14.8. The van der Waals surface area contributed by atoms with Crippen molar-refractivity contribution in [3.8, 4) is 5.69 Å². The number of ether oxygens (including phenoxy) is 1. The Morgan fingerprint density at radius 3 is 2.52 bits per heavy atom. The minimum absolute atomic E-state index is 0.156. The molecule has 0 saturated carbocycles. The van der Waals surface area contributed by atoms with Gasteiger partial charge in [0.15, 0.2) is 0 Å². The molecule has 1 aliphatic rings. The van der Waals surface area contributed by atoms with E-state index in [0.29, 0.717) is 16.1 Å². The van der Waals surface area contributed by atoms with E-state index >= 15 is 0 Å². The van der Waals surface area contributed by atoms with E-state index in [1.165, 1.54) is 11.8 Å². The third kappa shape index (κ3) is 3.30. The molecule has 1 aromatic heterocycles. The Morgan fingerprint density at radius 1 is 1.13 bits per heavy atom. The Labute approximate surface area is 180 Å². The Morgan fingerprint density at radius 2 is 1.84 bits per heavy atom. The van der Waals surface area contributed by atoms with Gasteiger partial charge in [-0.2, -0.15) is 0 Å². The molecule has 4 rings (SSSR count). The number of aromatic nitrogens is 2. The van der Waals surface area contributed by atoms with E-state index in [-0.39, 0.29) is 16.9 Å². The van der Waals surface area contributed by atoms with Crippen LogP contribution < -0.4 is 21.0 Å². The Kier molecular flexibility index (Phi) is 4.93. The molecular formula is C25H25N3O3. The molecule has 6 nitrogen and oxygen atoms in total. The number of hydrogen-bond donors (Lipinski definition) is 1. The molecular weight excluding hydrogens is 390 g/mol. The molecule has 0 amide bonds. The van der Waals surface area contributed by atoms with Crippen molar-refractivity contribution in [2.75, 3.05) is 19.1 Å². The standard InChI is InChI=1S/C25H25N3O3/c1-16-19(23(29)28(26-16)18-9-7-6-8-10-18)12-14-22-25(2,3)20-15-17(24(30)31-5)11-13-21(20)27(22)4/h6-15,26H,1H2,2-5H3/b19-12+,22-14-. The largest absolute Gasteiger partial charge is 0.465 e. The predicted octanol–water partition coefficient (Wildman–Crippen LogP) is 2.45. The molecule has 6 heteroatoms. The number of esters is 1. The van der Waals surface area contributed by atoms with Crippen LogP contribution in [0, 0.1) is 0 Å². The lowest BCUT2D eigenvalue weighted by Crippen LogP contribution is -2.34. The van der Waals surface area contributed by atoms with Crippen molar-refractivity contribution in [2.45, 2.75) is 19.3 Å². The molecule has 0 aliphatic carbocycles. The zero-order valence-electron chi connectivity index (χ0n) is 18.1. The average molecular weight is 415 g/mol. The van der Waals surface area contributed by atoms with Gasteiger partial charge in [-0.05, 0) is 48.0 Å². The van der Waals surface area contributed by atoms with Gasteiger partial charge in [0.2, 0.25) is 0 Å². The van der Waals surface area contributed by atoms with Crippen LogP contribution in [0.15, 0.2) is 65.1 Å². The second-order valence-corrected chi connectivity index (χ2v) is 8.11. The maximum atomic E-state index is 13.0. The highest BCUT2D eigenvalue weighted by Crippen LogP contribution is 2.47. The number of hydrogen-bond acceptors (Lipinski definition) is 4. The van der Waals surface area contributed by atoms with Crippen LogP contribution in [-0.2, 0) is 10.2 Å². The lowest BCUT2D eigenvalue weighted by Gasteiger charge is -2.23. The number of likely N-dealkylation sites (N-methyl/N-ethyl adjacent to an activating group) is 1. The van der Waals surface area contributed by atoms with Crippen molar-refractivity contribution in [1.82, 2.24) is 9.78 Å². The lowest BCUT2D eigenvalue weighted by atomic mass is 9.83. The fourth-order valence-corrected chi connectivity index (χ4v) is 4.17. The quantitative estimate of drug-likeness (QED) is 0.668. The molecule has 1 N–H and O–H groups in total. The van der Waals surface area contributed by atoms with Crippen LogP contribution in [0.5, 0.6) is 0 Å². The number of nitrogens with one attached hydrogen (secondary N) is 1. The van der Waals surface area contributed by atoms with Gasteiger partial charge in [0.1, 0.15) is 0 Å². The first kappa shape index (κ1) is 20.5. The number of anilines is 1. The molecule has 31 heavy (non-hydrogen) atoms. The molecule has 0 unspecified atom stereocenters. The highest BCUT2D eigenvalue weighted by molar-refractivity contribution is 5.91. The normalized spacial score (nSPS) is 16.6. The van der Waals surface area contributed by atoms with Crippen LogP contribution >= 0.6 is 0 Å². The van der Waals surface area contributed by atoms with Gasteiger partial charge in [-0.1, -0.05) is 38.6 Å². The monoisotopic (exact) mass is 415 g/mol. The molecule has 3 aromatic rings. The number of H-pyrrole nitrogens is 1. The Bertz CT molecular complexity index is 1360. The zero-order chi connectivity index (χ0) is 22.3. The fraction of sp³-hybridized carbons (Fsp3) is 0.200. The maximum Gasteiger partial charge on any atom is 0.337 e. The summed E-state index contributed by atoms with van der Waals surface area (Å²) in [4.78, 5) is 27.0. The van der Waals surface area contributed by atoms with Gasteiger partial charge >= 0.3 is 5.97 Å². The number of rotatable bonds is 3. The molecule has 2 heterocycles. The van der Waals surface area contributed by atoms with E-state index in [1.54, 1.807) is 12.1 Å². The van der Waals surface area contributed by atoms with Gasteiger partial charge in [0.05, 0.1) is 28.9 Å². The minimum Gasteiger partial charge on any atom is -0.465 e. The summed E-state index contributed by atoms with van der Waals surface area (Å²) in [6, 6.07) is 15.0. The van der Waals surface area contributed by atoms with E-state index < -0.39 is 0 Å². The number of nitrogens with zero attached hydrogens (tertiary/aromatic N) is 2. The minimum atomic E-state index is -0.360. The topological polar surface area (TPSA) is 67.3 Å². The van der Waals surface area contributed by atoms with E-state index in [4.69, 9.17) is 4.74 Å². The number of aromatic amines is 1. The third-order valence-corrected chi connectivity index (χ3v) is 5.88. The summed E-state index contributed by atoms with van der Waals surface area (Å²) in [5, 5.41) is 4.10. The van der Waals surface area contributed by atoms with Gasteiger partial charge in [-0.25, -0.2) is 9.48 Å². The van der Waals surface area contributed by atoms with Crippen molar-refractivity contribution in [3.05, 3.63) is 92.4 Å². The van der Waals surface area contributed by atoms with Gasteiger partial charge < -0.3 is 9.64 Å². The van der Waals surface area contributed by atoms with Crippen LogP contribution in [-0.4, -0.2) is 29.9 Å². The van der Waals surface area contributed by atoms with Crippen LogP contribution in [0.3, 0.4) is 0 Å². The Hall–Kier alpha value is -3.80. The number of carbonyl (C=O) groups excluding carboxylic acids is 1. The van der Waals surface area contributed by atoms with E-state index in [0.717, 1.165) is 22.6 Å². The first-order valence-electron chi connectivity index (χ1n) is 10.00. The summed E-state index contributed by atoms with van der Waals surface area (Å²) in [5.41, 5.74) is 3.81. The number of methoxy groups -OCH3 is 1. The Balaban J connectivity index is 1.81. The van der Waals surface area contributed by atoms with Gasteiger partial charge in [-0.15, -0.1) is 0 Å². The third-order valence-electron chi connectivity index (χ3n) is 5.88.